The number of hydrogen-bond acceptors (Lipinski definition) is 1. The predicted octanol–water partition coefficient (Wildman–Crippen LogP) is 3.44. The van der Waals surface area contributed by atoms with Crippen LogP contribution < -0.4 is 5.73 Å². The quantitative estimate of drug-likeness (QED) is 0.752. The van der Waals surface area contributed by atoms with E-state index in [9.17, 15) is 0 Å². The Labute approximate surface area is 96.2 Å². The maximum atomic E-state index is 6.22. The van der Waals surface area contributed by atoms with Crippen molar-refractivity contribution in [2.75, 3.05) is 0 Å². The van der Waals surface area contributed by atoms with E-state index in [0.29, 0.717) is 0 Å². The monoisotopic (exact) mass is 214 g/mol. The highest BCUT2D eigenvalue weighted by molar-refractivity contribution is 5.85. The molecule has 0 spiro atoms. The highest BCUT2D eigenvalue weighted by Gasteiger charge is 2.14. The predicted molar refractivity (Wildman–Crippen MR) is 69.4 cm³/mol. The van der Waals surface area contributed by atoms with E-state index in [2.05, 4.69) is 36.7 Å². The van der Waals surface area contributed by atoms with E-state index in [4.69, 9.17) is 5.73 Å². The van der Waals surface area contributed by atoms with Crippen LogP contribution in [0, 0.1) is 6.92 Å². The fraction of sp³-hybridized carbons (Fsp3) is 0.286. The molecule has 0 unspecified atom stereocenters. The summed E-state index contributed by atoms with van der Waals surface area (Å²) in [5, 5.41) is 1.25. The SMILES string of the molecule is C=CCC[C@H](N)c1c(C)[nH]c2ccccc12. The van der Waals surface area contributed by atoms with Gasteiger partial charge in [0.05, 0.1) is 0 Å². The normalized spacial score (nSPS) is 12.9. The van der Waals surface area contributed by atoms with Gasteiger partial charge in [0.2, 0.25) is 0 Å². The zero-order valence-electron chi connectivity index (χ0n) is 9.66. The van der Waals surface area contributed by atoms with Gasteiger partial charge in [-0.2, -0.15) is 0 Å². The molecule has 3 N–H and O–H groups in total. The lowest BCUT2D eigenvalue weighted by atomic mass is 10.00. The Morgan fingerprint density at radius 1 is 1.44 bits per heavy atom. The zero-order chi connectivity index (χ0) is 11.5. The van der Waals surface area contributed by atoms with Gasteiger partial charge in [0.25, 0.3) is 0 Å². The van der Waals surface area contributed by atoms with Crippen molar-refractivity contribution in [3.63, 3.8) is 0 Å². The molecule has 0 aliphatic carbocycles. The molecule has 2 rings (SSSR count). The van der Waals surface area contributed by atoms with Gasteiger partial charge in [-0.25, -0.2) is 0 Å². The van der Waals surface area contributed by atoms with E-state index >= 15 is 0 Å². The van der Waals surface area contributed by atoms with E-state index in [0.717, 1.165) is 12.8 Å². The van der Waals surface area contributed by atoms with Crippen LogP contribution >= 0.6 is 0 Å². The maximum Gasteiger partial charge on any atom is 0.0459 e. The number of fused-ring (bicyclic) bond motifs is 1. The lowest BCUT2D eigenvalue weighted by Crippen LogP contribution is -2.10. The largest absolute Gasteiger partial charge is 0.358 e. The first-order valence-corrected chi connectivity index (χ1v) is 5.67. The Morgan fingerprint density at radius 2 is 2.19 bits per heavy atom. The Morgan fingerprint density at radius 3 is 2.94 bits per heavy atom. The minimum atomic E-state index is 0.0918. The molecule has 1 aromatic heterocycles. The third-order valence-electron chi connectivity index (χ3n) is 3.00. The molecule has 1 heterocycles. The van der Waals surface area contributed by atoms with Crippen LogP contribution in [0.25, 0.3) is 10.9 Å². The van der Waals surface area contributed by atoms with Crippen LogP contribution in [0.1, 0.15) is 30.1 Å². The highest BCUT2D eigenvalue weighted by atomic mass is 14.7. The summed E-state index contributed by atoms with van der Waals surface area (Å²) in [6.07, 6.45) is 3.83. The Balaban J connectivity index is 2.42. The molecule has 2 heteroatoms. The van der Waals surface area contributed by atoms with E-state index in [-0.39, 0.29) is 6.04 Å². The molecular formula is C14H18N2. The van der Waals surface area contributed by atoms with Gasteiger partial charge in [0.1, 0.15) is 0 Å². The fourth-order valence-electron chi connectivity index (χ4n) is 2.22. The summed E-state index contributed by atoms with van der Waals surface area (Å²) < 4.78 is 0. The van der Waals surface area contributed by atoms with Gasteiger partial charge < -0.3 is 10.7 Å². The summed E-state index contributed by atoms with van der Waals surface area (Å²) in [6, 6.07) is 8.40. The van der Waals surface area contributed by atoms with Crippen LogP contribution in [-0.4, -0.2) is 4.98 Å². The van der Waals surface area contributed by atoms with Gasteiger partial charge in [0, 0.05) is 22.6 Å². The second kappa shape index (κ2) is 4.54. The number of nitrogens with one attached hydrogen (secondary N) is 1. The molecule has 0 saturated heterocycles. The van der Waals surface area contributed by atoms with Crippen molar-refractivity contribution in [2.45, 2.75) is 25.8 Å². The number of rotatable bonds is 4. The molecule has 2 nitrogen and oxygen atoms in total. The van der Waals surface area contributed by atoms with Crippen LogP contribution in [0.5, 0.6) is 0 Å². The summed E-state index contributed by atoms with van der Waals surface area (Å²) in [6.45, 7) is 5.82. The topological polar surface area (TPSA) is 41.8 Å². The standard InChI is InChI=1S/C14H18N2/c1-3-4-8-12(15)14-10(2)16-13-9-6-5-7-11(13)14/h3,5-7,9,12,16H,1,4,8,15H2,2H3/t12-/m0/s1. The minimum Gasteiger partial charge on any atom is -0.358 e. The number of para-hydroxylation sites is 1. The van der Waals surface area contributed by atoms with Crippen LogP contribution in [0.2, 0.25) is 0 Å². The number of aromatic nitrogens is 1. The second-order valence-corrected chi connectivity index (χ2v) is 4.18. The molecule has 16 heavy (non-hydrogen) atoms. The van der Waals surface area contributed by atoms with Crippen molar-refractivity contribution in [1.82, 2.24) is 4.98 Å². The fourth-order valence-corrected chi connectivity index (χ4v) is 2.22. The van der Waals surface area contributed by atoms with Gasteiger partial charge in [-0.15, -0.1) is 6.58 Å². The van der Waals surface area contributed by atoms with Gasteiger partial charge in [-0.3, -0.25) is 0 Å². The summed E-state index contributed by atoms with van der Waals surface area (Å²) in [4.78, 5) is 3.38. The first kappa shape index (κ1) is 11.0. The summed E-state index contributed by atoms with van der Waals surface area (Å²) >= 11 is 0. The van der Waals surface area contributed by atoms with Crippen LogP contribution in [0.15, 0.2) is 36.9 Å². The van der Waals surface area contributed by atoms with Crippen LogP contribution in [0.3, 0.4) is 0 Å². The minimum absolute atomic E-state index is 0.0918. The number of benzene rings is 1. The third kappa shape index (κ3) is 1.89. The van der Waals surface area contributed by atoms with E-state index in [1.54, 1.807) is 0 Å². The first-order valence-electron chi connectivity index (χ1n) is 5.67. The molecule has 0 amide bonds. The Bertz CT molecular complexity index is 496. The van der Waals surface area contributed by atoms with Gasteiger partial charge >= 0.3 is 0 Å². The summed E-state index contributed by atoms with van der Waals surface area (Å²) in [5.74, 6) is 0. The van der Waals surface area contributed by atoms with E-state index in [1.807, 2.05) is 12.1 Å². The number of nitrogens with two attached hydrogens (primary N) is 1. The summed E-state index contributed by atoms with van der Waals surface area (Å²) in [7, 11) is 0. The molecule has 2 aromatic rings. The molecule has 0 aliphatic rings. The molecule has 0 bridgehead atoms. The number of allylic oxidation sites excluding steroid dienone is 1. The number of aromatic amines is 1. The number of H-pyrrole nitrogens is 1. The van der Waals surface area contributed by atoms with E-state index in [1.165, 1.54) is 22.2 Å². The van der Waals surface area contributed by atoms with Crippen molar-refractivity contribution in [2.24, 2.45) is 5.73 Å². The van der Waals surface area contributed by atoms with Crippen molar-refractivity contribution in [3.8, 4) is 0 Å². The van der Waals surface area contributed by atoms with Crippen molar-refractivity contribution < 1.29 is 0 Å². The van der Waals surface area contributed by atoms with Crippen molar-refractivity contribution in [1.29, 1.82) is 0 Å². The number of aryl methyl sites for hydroxylation is 1. The molecule has 0 aliphatic heterocycles. The molecule has 1 aromatic carbocycles. The first-order chi connectivity index (χ1) is 7.74. The van der Waals surface area contributed by atoms with Crippen LogP contribution in [0.4, 0.5) is 0 Å². The summed E-state index contributed by atoms with van der Waals surface area (Å²) in [5.41, 5.74) is 9.82. The molecule has 0 fully saturated rings. The average Bonchev–Trinajstić information content (AvgIpc) is 2.62. The maximum absolute atomic E-state index is 6.22. The van der Waals surface area contributed by atoms with Gasteiger partial charge in [-0.1, -0.05) is 24.3 Å². The number of hydrogen-bond donors (Lipinski definition) is 2. The van der Waals surface area contributed by atoms with E-state index < -0.39 is 0 Å². The molecule has 0 radical (unpaired) electrons. The second-order valence-electron chi connectivity index (χ2n) is 4.18. The van der Waals surface area contributed by atoms with Crippen molar-refractivity contribution in [3.05, 3.63) is 48.2 Å². The average molecular weight is 214 g/mol. The zero-order valence-corrected chi connectivity index (χ0v) is 9.66. The van der Waals surface area contributed by atoms with Crippen LogP contribution in [-0.2, 0) is 0 Å². The lowest BCUT2D eigenvalue weighted by Gasteiger charge is -2.10. The smallest absolute Gasteiger partial charge is 0.0459 e. The molecular weight excluding hydrogens is 196 g/mol. The lowest BCUT2D eigenvalue weighted by molar-refractivity contribution is 0.662. The highest BCUT2D eigenvalue weighted by Crippen LogP contribution is 2.28. The van der Waals surface area contributed by atoms with Gasteiger partial charge in [-0.05, 0) is 31.4 Å². The van der Waals surface area contributed by atoms with Crippen molar-refractivity contribution >= 4 is 10.9 Å². The molecule has 1 atom stereocenters. The Hall–Kier alpha value is -1.54. The third-order valence-corrected chi connectivity index (χ3v) is 3.00. The molecule has 84 valence electrons. The molecule has 0 saturated carbocycles. The van der Waals surface area contributed by atoms with Gasteiger partial charge in [0.15, 0.2) is 0 Å². The Kier molecular flexibility index (Phi) is 3.11.